The fraction of sp³-hybridized carbons (Fsp3) is 0.833. The molecule has 1 aliphatic rings. The molecule has 98 valence electrons. The molecular weight excluding hydrogens is 218 g/mol. The third-order valence-electron chi connectivity index (χ3n) is 3.22. The minimum absolute atomic E-state index is 0.0635. The molecule has 2 atom stereocenters. The molecule has 1 rings (SSSR count). The van der Waals surface area contributed by atoms with Crippen molar-refractivity contribution < 1.29 is 9.59 Å². The van der Waals surface area contributed by atoms with Gasteiger partial charge >= 0.3 is 0 Å². The zero-order valence-electron chi connectivity index (χ0n) is 10.3. The Morgan fingerprint density at radius 2 is 2.06 bits per heavy atom. The summed E-state index contributed by atoms with van der Waals surface area (Å²) >= 11 is 0. The Balaban J connectivity index is 2.09. The van der Waals surface area contributed by atoms with E-state index in [-0.39, 0.29) is 17.9 Å². The van der Waals surface area contributed by atoms with E-state index in [4.69, 9.17) is 11.5 Å². The van der Waals surface area contributed by atoms with Gasteiger partial charge in [-0.25, -0.2) is 0 Å². The van der Waals surface area contributed by atoms with Gasteiger partial charge in [-0.1, -0.05) is 6.42 Å². The van der Waals surface area contributed by atoms with Crippen LogP contribution in [0.5, 0.6) is 0 Å². The van der Waals surface area contributed by atoms with Crippen molar-refractivity contribution in [2.45, 2.75) is 51.0 Å². The van der Waals surface area contributed by atoms with Gasteiger partial charge in [0.1, 0.15) is 0 Å². The smallest absolute Gasteiger partial charge is 0.220 e. The fourth-order valence-corrected chi connectivity index (χ4v) is 2.34. The molecule has 0 saturated heterocycles. The number of carbonyl (C=O) groups is 2. The number of rotatable bonds is 6. The number of primary amides is 1. The molecule has 0 radical (unpaired) electrons. The zero-order chi connectivity index (χ0) is 12.7. The zero-order valence-corrected chi connectivity index (χ0v) is 10.3. The summed E-state index contributed by atoms with van der Waals surface area (Å²) in [5, 5.41) is 2.81. The molecule has 0 aliphatic heterocycles. The molecule has 0 aromatic rings. The second-order valence-electron chi connectivity index (χ2n) is 4.92. The van der Waals surface area contributed by atoms with Crippen LogP contribution >= 0.6 is 0 Å². The van der Waals surface area contributed by atoms with Gasteiger partial charge in [-0.05, 0) is 31.6 Å². The monoisotopic (exact) mass is 241 g/mol. The van der Waals surface area contributed by atoms with Crippen molar-refractivity contribution in [1.29, 1.82) is 0 Å². The molecular formula is C12H23N3O2. The summed E-state index contributed by atoms with van der Waals surface area (Å²) in [5.74, 6) is 0.168. The van der Waals surface area contributed by atoms with E-state index >= 15 is 0 Å². The van der Waals surface area contributed by atoms with Gasteiger partial charge in [0.05, 0.1) is 0 Å². The number of carbonyl (C=O) groups excluding carboxylic acids is 2. The quantitative estimate of drug-likeness (QED) is 0.582. The summed E-state index contributed by atoms with van der Waals surface area (Å²) in [6, 6.07) is 0.261. The lowest BCUT2D eigenvalue weighted by molar-refractivity contribution is -0.122. The third-order valence-corrected chi connectivity index (χ3v) is 3.22. The van der Waals surface area contributed by atoms with E-state index in [9.17, 15) is 9.59 Å². The van der Waals surface area contributed by atoms with Gasteiger partial charge in [0.25, 0.3) is 0 Å². The molecule has 0 aromatic heterocycles. The van der Waals surface area contributed by atoms with Crippen molar-refractivity contribution in [3.63, 3.8) is 0 Å². The van der Waals surface area contributed by atoms with Gasteiger partial charge in [0.15, 0.2) is 0 Å². The summed E-state index contributed by atoms with van der Waals surface area (Å²) in [4.78, 5) is 22.1. The lowest BCUT2D eigenvalue weighted by Gasteiger charge is -2.26. The first-order chi connectivity index (χ1) is 8.08. The fourth-order valence-electron chi connectivity index (χ4n) is 2.34. The molecule has 2 amide bonds. The highest BCUT2D eigenvalue weighted by molar-refractivity contribution is 5.76. The van der Waals surface area contributed by atoms with Crippen LogP contribution in [0, 0.1) is 5.92 Å². The van der Waals surface area contributed by atoms with Crippen LogP contribution in [-0.2, 0) is 9.59 Å². The van der Waals surface area contributed by atoms with E-state index in [0.29, 0.717) is 31.7 Å². The molecule has 1 aliphatic carbocycles. The standard InChI is InChI=1S/C12H23N3O2/c13-10-4-1-3-9(7-10)8-12(17)15-6-2-5-11(14)16/h9-10H,1-8,13H2,(H2,14,16)(H,15,17). The van der Waals surface area contributed by atoms with E-state index in [2.05, 4.69) is 5.32 Å². The average Bonchev–Trinajstić information content (AvgIpc) is 2.24. The van der Waals surface area contributed by atoms with Crippen molar-refractivity contribution in [3.05, 3.63) is 0 Å². The van der Waals surface area contributed by atoms with E-state index in [1.165, 1.54) is 0 Å². The summed E-state index contributed by atoms with van der Waals surface area (Å²) in [7, 11) is 0. The van der Waals surface area contributed by atoms with Crippen molar-refractivity contribution >= 4 is 11.8 Å². The van der Waals surface area contributed by atoms with Crippen molar-refractivity contribution in [2.24, 2.45) is 17.4 Å². The van der Waals surface area contributed by atoms with Crippen LogP contribution in [0.15, 0.2) is 0 Å². The second-order valence-corrected chi connectivity index (χ2v) is 4.92. The number of hydrogen-bond donors (Lipinski definition) is 3. The maximum absolute atomic E-state index is 11.6. The molecule has 0 aromatic carbocycles. The molecule has 5 heteroatoms. The van der Waals surface area contributed by atoms with Gasteiger partial charge in [0, 0.05) is 25.4 Å². The van der Waals surface area contributed by atoms with Crippen LogP contribution in [0.4, 0.5) is 0 Å². The minimum atomic E-state index is -0.322. The van der Waals surface area contributed by atoms with Gasteiger partial charge < -0.3 is 16.8 Å². The molecule has 1 saturated carbocycles. The molecule has 5 N–H and O–H groups in total. The van der Waals surface area contributed by atoms with Crippen molar-refractivity contribution in [1.82, 2.24) is 5.32 Å². The Morgan fingerprint density at radius 3 is 2.71 bits per heavy atom. The van der Waals surface area contributed by atoms with Crippen LogP contribution in [0.1, 0.15) is 44.9 Å². The SMILES string of the molecule is NC(=O)CCCNC(=O)CC1CCCC(N)C1. The van der Waals surface area contributed by atoms with Crippen molar-refractivity contribution in [2.75, 3.05) is 6.54 Å². The van der Waals surface area contributed by atoms with Crippen LogP contribution in [0.2, 0.25) is 0 Å². The normalized spacial score (nSPS) is 24.3. The molecule has 0 heterocycles. The Morgan fingerprint density at radius 1 is 1.29 bits per heavy atom. The highest BCUT2D eigenvalue weighted by Gasteiger charge is 2.21. The van der Waals surface area contributed by atoms with Crippen LogP contribution in [-0.4, -0.2) is 24.4 Å². The Kier molecular flexibility index (Phi) is 5.97. The Labute approximate surface area is 102 Å². The predicted molar refractivity (Wildman–Crippen MR) is 66.0 cm³/mol. The number of nitrogens with one attached hydrogen (secondary N) is 1. The first kappa shape index (κ1) is 14.0. The summed E-state index contributed by atoms with van der Waals surface area (Å²) in [5.41, 5.74) is 10.9. The van der Waals surface area contributed by atoms with Gasteiger partial charge in [0.2, 0.25) is 11.8 Å². The molecule has 0 spiro atoms. The minimum Gasteiger partial charge on any atom is -0.370 e. The molecule has 17 heavy (non-hydrogen) atoms. The topological polar surface area (TPSA) is 98.2 Å². The number of amides is 2. The highest BCUT2D eigenvalue weighted by atomic mass is 16.2. The van der Waals surface area contributed by atoms with Crippen LogP contribution in [0.25, 0.3) is 0 Å². The Hall–Kier alpha value is -1.10. The maximum atomic E-state index is 11.6. The number of hydrogen-bond acceptors (Lipinski definition) is 3. The first-order valence-electron chi connectivity index (χ1n) is 6.38. The highest BCUT2D eigenvalue weighted by Crippen LogP contribution is 2.25. The van der Waals surface area contributed by atoms with E-state index in [1.807, 2.05) is 0 Å². The van der Waals surface area contributed by atoms with Gasteiger partial charge in [-0.15, -0.1) is 0 Å². The van der Waals surface area contributed by atoms with Crippen molar-refractivity contribution in [3.8, 4) is 0 Å². The predicted octanol–water partition coefficient (Wildman–Crippen LogP) is 0.276. The summed E-state index contributed by atoms with van der Waals surface area (Å²) in [6.07, 6.45) is 5.76. The maximum Gasteiger partial charge on any atom is 0.220 e. The second kappa shape index (κ2) is 7.27. The van der Waals surface area contributed by atoms with E-state index in [0.717, 1.165) is 25.7 Å². The Bertz CT molecular complexity index is 268. The third kappa shape index (κ3) is 6.26. The first-order valence-corrected chi connectivity index (χ1v) is 6.38. The molecule has 5 nitrogen and oxygen atoms in total. The van der Waals surface area contributed by atoms with Gasteiger partial charge in [-0.3, -0.25) is 9.59 Å². The lowest BCUT2D eigenvalue weighted by atomic mass is 9.84. The lowest BCUT2D eigenvalue weighted by Crippen LogP contribution is -2.32. The van der Waals surface area contributed by atoms with E-state index < -0.39 is 0 Å². The largest absolute Gasteiger partial charge is 0.370 e. The molecule has 2 unspecified atom stereocenters. The van der Waals surface area contributed by atoms with Gasteiger partial charge in [-0.2, -0.15) is 0 Å². The van der Waals surface area contributed by atoms with E-state index in [1.54, 1.807) is 0 Å². The summed E-state index contributed by atoms with van der Waals surface area (Å²) < 4.78 is 0. The average molecular weight is 241 g/mol. The molecule has 0 bridgehead atoms. The number of nitrogens with two attached hydrogens (primary N) is 2. The molecule has 1 fully saturated rings. The van der Waals surface area contributed by atoms with Crippen LogP contribution < -0.4 is 16.8 Å². The summed E-state index contributed by atoms with van der Waals surface area (Å²) in [6.45, 7) is 0.528. The van der Waals surface area contributed by atoms with Crippen LogP contribution in [0.3, 0.4) is 0 Å².